The van der Waals surface area contributed by atoms with Gasteiger partial charge in [-0.15, -0.1) is 5.10 Å². The summed E-state index contributed by atoms with van der Waals surface area (Å²) in [5.41, 5.74) is 0.445. The molecule has 0 saturated carbocycles. The van der Waals surface area contributed by atoms with Crippen molar-refractivity contribution < 1.29 is 17.9 Å². The molecule has 2 aromatic carbocycles. The summed E-state index contributed by atoms with van der Waals surface area (Å²) in [4.78, 5) is 17.4. The highest BCUT2D eigenvalue weighted by molar-refractivity contribution is 14.1. The number of halogens is 4. The van der Waals surface area contributed by atoms with E-state index in [1.165, 1.54) is 18.2 Å². The number of ether oxygens (including phenoxy) is 1. The minimum Gasteiger partial charge on any atom is -0.378 e. The summed E-state index contributed by atoms with van der Waals surface area (Å²) >= 11 is 2.15. The molecule has 0 bridgehead atoms. The lowest BCUT2D eigenvalue weighted by Crippen LogP contribution is -2.36. The fraction of sp³-hybridized carbons (Fsp3) is 0.304. The van der Waals surface area contributed by atoms with Crippen LogP contribution >= 0.6 is 22.6 Å². The number of fused-ring (bicyclic) bond motifs is 1. The maximum absolute atomic E-state index is 13.8. The molecule has 2 N–H and O–H groups in total. The summed E-state index contributed by atoms with van der Waals surface area (Å²) in [6.45, 7) is 4.18. The van der Waals surface area contributed by atoms with Gasteiger partial charge in [-0.2, -0.15) is 18.2 Å². The van der Waals surface area contributed by atoms with Crippen LogP contribution in [0.2, 0.25) is 0 Å². The fourth-order valence-corrected chi connectivity index (χ4v) is 3.84. The Balaban J connectivity index is 0.00000141. The minimum atomic E-state index is -4.55. The molecule has 12 heteroatoms. The molecule has 0 radical (unpaired) electrons. The molecule has 1 fully saturated rings. The molecule has 8 nitrogen and oxygen atoms in total. The van der Waals surface area contributed by atoms with Gasteiger partial charge in [0.25, 0.3) is 0 Å². The Labute approximate surface area is 213 Å². The number of nitrogens with zero attached hydrogens (tertiary/aromatic N) is 5. The van der Waals surface area contributed by atoms with Crippen LogP contribution in [0.5, 0.6) is 0 Å². The molecule has 184 valence electrons. The summed E-state index contributed by atoms with van der Waals surface area (Å²) in [5, 5.41) is 10.5. The molecule has 1 aliphatic rings. The molecular weight excluding hydrogens is 574 g/mol. The first-order chi connectivity index (χ1) is 16.9. The van der Waals surface area contributed by atoms with E-state index in [0.717, 1.165) is 11.8 Å². The van der Waals surface area contributed by atoms with Gasteiger partial charge in [0.05, 0.1) is 30.0 Å². The summed E-state index contributed by atoms with van der Waals surface area (Å²) in [5.74, 6) is 1.14. The normalized spacial score (nSPS) is 13.9. The van der Waals surface area contributed by atoms with Gasteiger partial charge in [-0.25, -0.2) is 9.97 Å². The third kappa shape index (κ3) is 5.48. The SMILES string of the molecule is CI.Cc1nc(Nc2nc(-c3ccccc3C(F)(F)F)nc3c(N4CCOCC4)cccc23)n[nH]1. The van der Waals surface area contributed by atoms with Crippen LogP contribution in [-0.2, 0) is 10.9 Å². The lowest BCUT2D eigenvalue weighted by Gasteiger charge is -2.29. The summed E-state index contributed by atoms with van der Waals surface area (Å²) < 4.78 is 46.7. The van der Waals surface area contributed by atoms with E-state index in [1.54, 1.807) is 6.92 Å². The first-order valence-electron chi connectivity index (χ1n) is 10.7. The summed E-state index contributed by atoms with van der Waals surface area (Å²) in [7, 11) is 0. The van der Waals surface area contributed by atoms with Crippen LogP contribution in [0.15, 0.2) is 42.5 Å². The van der Waals surface area contributed by atoms with Crippen LogP contribution in [0.25, 0.3) is 22.3 Å². The van der Waals surface area contributed by atoms with Gasteiger partial charge in [-0.3, -0.25) is 5.10 Å². The van der Waals surface area contributed by atoms with Crippen molar-refractivity contribution >= 4 is 50.9 Å². The lowest BCUT2D eigenvalue weighted by molar-refractivity contribution is -0.137. The monoisotopic (exact) mass is 597 g/mol. The highest BCUT2D eigenvalue weighted by atomic mass is 127. The van der Waals surface area contributed by atoms with E-state index < -0.39 is 11.7 Å². The van der Waals surface area contributed by atoms with Gasteiger partial charge in [-0.1, -0.05) is 46.9 Å². The van der Waals surface area contributed by atoms with E-state index in [4.69, 9.17) is 4.74 Å². The number of alkyl halides is 4. The van der Waals surface area contributed by atoms with Crippen molar-refractivity contribution in [2.75, 3.05) is 41.5 Å². The Morgan fingerprint density at radius 3 is 2.43 bits per heavy atom. The molecule has 0 spiro atoms. The third-order valence-electron chi connectivity index (χ3n) is 5.36. The van der Waals surface area contributed by atoms with Crippen molar-refractivity contribution in [3.63, 3.8) is 0 Å². The molecule has 5 rings (SSSR count). The predicted octanol–water partition coefficient (Wildman–Crippen LogP) is 5.37. The zero-order valence-corrected chi connectivity index (χ0v) is 21.2. The first-order valence-corrected chi connectivity index (χ1v) is 12.9. The van der Waals surface area contributed by atoms with Crippen LogP contribution in [-0.4, -0.2) is 56.4 Å². The van der Waals surface area contributed by atoms with E-state index >= 15 is 0 Å². The predicted molar refractivity (Wildman–Crippen MR) is 137 cm³/mol. The largest absolute Gasteiger partial charge is 0.417 e. The van der Waals surface area contributed by atoms with Gasteiger partial charge in [0.1, 0.15) is 11.6 Å². The lowest BCUT2D eigenvalue weighted by atomic mass is 10.1. The van der Waals surface area contributed by atoms with E-state index in [-0.39, 0.29) is 17.3 Å². The van der Waals surface area contributed by atoms with Crippen molar-refractivity contribution in [1.82, 2.24) is 25.1 Å². The number of hydrogen-bond donors (Lipinski definition) is 2. The van der Waals surface area contributed by atoms with E-state index in [9.17, 15) is 13.2 Å². The van der Waals surface area contributed by atoms with Crippen molar-refractivity contribution in [1.29, 1.82) is 0 Å². The maximum atomic E-state index is 13.8. The Morgan fingerprint density at radius 1 is 1.00 bits per heavy atom. The van der Waals surface area contributed by atoms with Crippen LogP contribution in [0, 0.1) is 6.92 Å². The second kappa shape index (κ2) is 10.7. The molecule has 1 aliphatic heterocycles. The van der Waals surface area contributed by atoms with Crippen LogP contribution < -0.4 is 10.2 Å². The smallest absolute Gasteiger partial charge is 0.378 e. The van der Waals surface area contributed by atoms with Gasteiger partial charge < -0.3 is 15.0 Å². The highest BCUT2D eigenvalue weighted by Crippen LogP contribution is 2.38. The average Bonchev–Trinajstić information content (AvgIpc) is 3.29. The zero-order valence-electron chi connectivity index (χ0n) is 19.0. The van der Waals surface area contributed by atoms with Crippen LogP contribution in [0.1, 0.15) is 11.4 Å². The average molecular weight is 597 g/mol. The minimum absolute atomic E-state index is 0.0362. The molecule has 0 unspecified atom stereocenters. The molecular formula is C23H23F3IN7O. The molecule has 2 aromatic heterocycles. The molecule has 4 aromatic rings. The second-order valence-electron chi connectivity index (χ2n) is 7.58. The van der Waals surface area contributed by atoms with Gasteiger partial charge >= 0.3 is 6.18 Å². The number of morpholine rings is 1. The number of para-hydroxylation sites is 1. The Bertz CT molecular complexity index is 1310. The van der Waals surface area contributed by atoms with Crippen molar-refractivity contribution in [3.8, 4) is 11.4 Å². The van der Waals surface area contributed by atoms with Crippen LogP contribution in [0.3, 0.4) is 0 Å². The number of aromatic amines is 1. The Hall–Kier alpha value is -3.00. The molecule has 0 atom stereocenters. The first kappa shape index (κ1) is 25.1. The number of nitrogens with one attached hydrogen (secondary N) is 2. The highest BCUT2D eigenvalue weighted by Gasteiger charge is 2.34. The van der Waals surface area contributed by atoms with Crippen molar-refractivity contribution in [3.05, 3.63) is 53.9 Å². The summed E-state index contributed by atoms with van der Waals surface area (Å²) in [6, 6.07) is 10.9. The molecule has 1 saturated heterocycles. The maximum Gasteiger partial charge on any atom is 0.417 e. The van der Waals surface area contributed by atoms with Gasteiger partial charge in [0.15, 0.2) is 5.82 Å². The number of benzene rings is 2. The van der Waals surface area contributed by atoms with E-state index in [0.29, 0.717) is 48.8 Å². The van der Waals surface area contributed by atoms with Gasteiger partial charge in [-0.05, 0) is 30.1 Å². The number of hydrogen-bond acceptors (Lipinski definition) is 7. The van der Waals surface area contributed by atoms with E-state index in [2.05, 4.69) is 58.0 Å². The molecule has 0 amide bonds. The topological polar surface area (TPSA) is 91.8 Å². The molecule has 35 heavy (non-hydrogen) atoms. The fourth-order valence-electron chi connectivity index (χ4n) is 3.84. The number of rotatable bonds is 4. The van der Waals surface area contributed by atoms with Gasteiger partial charge in [0.2, 0.25) is 5.95 Å². The quantitative estimate of drug-likeness (QED) is 0.241. The summed E-state index contributed by atoms with van der Waals surface area (Å²) in [6.07, 6.45) is -4.55. The van der Waals surface area contributed by atoms with E-state index in [1.807, 2.05) is 23.1 Å². The number of anilines is 3. The van der Waals surface area contributed by atoms with Crippen LogP contribution in [0.4, 0.5) is 30.6 Å². The second-order valence-corrected chi connectivity index (χ2v) is 7.58. The Kier molecular flexibility index (Phi) is 7.69. The molecule has 3 heterocycles. The number of H-pyrrole nitrogens is 1. The standard InChI is InChI=1S/C22H20F3N7O.CH3I/c1-13-26-21(31-30-13)29-20-15-6-4-8-17(32-9-11-33-12-10-32)18(15)27-19(28-20)14-5-2-3-7-16(14)22(23,24)25;1-2/h2-8H,9-12H2,1H3,(H2,26,27,28,29,30,31);1H3. The zero-order chi connectivity index (χ0) is 25.0. The van der Waals surface area contributed by atoms with Crippen molar-refractivity contribution in [2.24, 2.45) is 0 Å². The van der Waals surface area contributed by atoms with Gasteiger partial charge in [0, 0.05) is 24.0 Å². The van der Waals surface area contributed by atoms with Crippen molar-refractivity contribution in [2.45, 2.75) is 13.1 Å². The number of aromatic nitrogens is 5. The number of aryl methyl sites for hydroxylation is 1. The Morgan fingerprint density at radius 2 is 1.74 bits per heavy atom. The third-order valence-corrected chi connectivity index (χ3v) is 5.36. The molecule has 0 aliphatic carbocycles.